The molecule has 0 heterocycles. The lowest BCUT2D eigenvalue weighted by Crippen LogP contribution is -2.38. The van der Waals surface area contributed by atoms with Crippen LogP contribution in [0.1, 0.15) is 6.92 Å². The van der Waals surface area contributed by atoms with Crippen molar-refractivity contribution >= 4 is 33.3 Å². The van der Waals surface area contributed by atoms with E-state index in [0.717, 1.165) is 6.17 Å². The molecule has 1 amide bonds. The van der Waals surface area contributed by atoms with E-state index in [-0.39, 0.29) is 5.91 Å². The summed E-state index contributed by atoms with van der Waals surface area (Å²) in [5.41, 5.74) is -1.11. The Bertz CT molecular complexity index is 132. The minimum absolute atomic E-state index is 0.164. The Balaban J connectivity index is 3.80. The minimum atomic E-state index is -1.11. The second kappa shape index (κ2) is 3.71. The van der Waals surface area contributed by atoms with Gasteiger partial charge in [0, 0.05) is 20.1 Å². The third-order valence-corrected chi connectivity index (χ3v) is 3.40. The zero-order chi connectivity index (χ0) is 8.36. The predicted octanol–water partition coefficient (Wildman–Crippen LogP) is 1.64. The van der Waals surface area contributed by atoms with Crippen molar-refractivity contribution in [2.45, 2.75) is 20.0 Å². The monoisotopic (exact) mass is 271 g/mol. The Hall–Kier alpha value is 0.417. The van der Waals surface area contributed by atoms with E-state index in [9.17, 15) is 4.79 Å². The molecule has 0 fully saturated rings. The summed E-state index contributed by atoms with van der Waals surface area (Å²) in [5, 5.41) is 0. The van der Waals surface area contributed by atoms with Crippen molar-refractivity contribution in [1.82, 2.24) is 4.90 Å². The maximum Gasteiger partial charge on any atom is 0.218 e. The predicted molar refractivity (Wildman–Crippen MR) is 54.8 cm³/mol. The summed E-state index contributed by atoms with van der Waals surface area (Å²) in [6.45, 7) is 6.09. The molecule has 0 aromatic rings. The highest BCUT2D eigenvalue weighted by molar-refractivity contribution is 14.1. The van der Waals surface area contributed by atoms with Gasteiger partial charge in [-0.2, -0.15) is 0 Å². The number of amides is 1. The van der Waals surface area contributed by atoms with E-state index in [1.165, 1.54) is 0 Å². The van der Waals surface area contributed by atoms with Crippen LogP contribution in [0, 0.1) is 0 Å². The molecule has 0 N–H and O–H groups in total. The zero-order valence-corrected chi connectivity index (χ0v) is 10.1. The molecular formula is C6H14INOSi. The first-order chi connectivity index (χ1) is 4.33. The molecule has 0 saturated heterocycles. The third-order valence-electron chi connectivity index (χ3n) is 1.15. The van der Waals surface area contributed by atoms with Gasteiger partial charge in [0.05, 0.1) is 0 Å². The SMILES string of the molecule is CC(=O)N(C)C[Si](C)(C)I. The van der Waals surface area contributed by atoms with Gasteiger partial charge >= 0.3 is 0 Å². The maximum atomic E-state index is 10.8. The fourth-order valence-electron chi connectivity index (χ4n) is 0.675. The number of halogens is 1. The number of hydrogen-bond donors (Lipinski definition) is 0. The van der Waals surface area contributed by atoms with Crippen LogP contribution in [0.5, 0.6) is 0 Å². The van der Waals surface area contributed by atoms with Gasteiger partial charge < -0.3 is 4.90 Å². The Morgan fingerprint density at radius 2 is 2.00 bits per heavy atom. The first-order valence-corrected chi connectivity index (χ1v) is 9.56. The number of nitrogens with zero attached hydrogens (tertiary/aromatic N) is 1. The fourth-order valence-corrected chi connectivity index (χ4v) is 3.56. The number of hydrogen-bond acceptors (Lipinski definition) is 1. The lowest BCUT2D eigenvalue weighted by atomic mass is 10.6. The van der Waals surface area contributed by atoms with E-state index < -0.39 is 5.57 Å². The number of carbonyl (C=O) groups excluding carboxylic acids is 1. The smallest absolute Gasteiger partial charge is 0.218 e. The molecule has 60 valence electrons. The second-order valence-corrected chi connectivity index (χ2v) is 15.6. The van der Waals surface area contributed by atoms with Crippen LogP contribution in [0.15, 0.2) is 0 Å². The molecule has 0 radical (unpaired) electrons. The van der Waals surface area contributed by atoms with Crippen LogP contribution in [0.3, 0.4) is 0 Å². The molecule has 0 atom stereocenters. The van der Waals surface area contributed by atoms with Crippen molar-refractivity contribution in [3.63, 3.8) is 0 Å². The van der Waals surface area contributed by atoms with E-state index in [0.29, 0.717) is 0 Å². The van der Waals surface area contributed by atoms with Crippen LogP contribution in [0.2, 0.25) is 13.1 Å². The van der Waals surface area contributed by atoms with Crippen molar-refractivity contribution in [3.8, 4) is 0 Å². The molecule has 0 aliphatic carbocycles. The Labute approximate surface area is 76.2 Å². The van der Waals surface area contributed by atoms with Crippen molar-refractivity contribution in [3.05, 3.63) is 0 Å². The van der Waals surface area contributed by atoms with E-state index in [1.807, 2.05) is 7.05 Å². The summed E-state index contributed by atoms with van der Waals surface area (Å²) in [7, 11) is 1.86. The molecule has 10 heavy (non-hydrogen) atoms. The Morgan fingerprint density at radius 3 is 2.10 bits per heavy atom. The maximum absolute atomic E-state index is 10.8. The van der Waals surface area contributed by atoms with Gasteiger partial charge in [0.25, 0.3) is 0 Å². The third kappa shape index (κ3) is 5.22. The van der Waals surface area contributed by atoms with Crippen LogP contribution in [0.4, 0.5) is 0 Å². The number of rotatable bonds is 2. The van der Waals surface area contributed by atoms with Gasteiger partial charge in [0.1, 0.15) is 5.57 Å². The van der Waals surface area contributed by atoms with E-state index in [1.54, 1.807) is 11.8 Å². The fraction of sp³-hybridized carbons (Fsp3) is 0.833. The molecule has 0 unspecified atom stereocenters. The van der Waals surface area contributed by atoms with Crippen LogP contribution in [-0.2, 0) is 4.79 Å². The summed E-state index contributed by atoms with van der Waals surface area (Å²) in [4.78, 5) is 12.6. The molecule has 0 saturated carbocycles. The average molecular weight is 271 g/mol. The molecule has 4 heteroatoms. The van der Waals surface area contributed by atoms with Crippen LogP contribution in [0.25, 0.3) is 0 Å². The Kier molecular flexibility index (Phi) is 3.86. The summed E-state index contributed by atoms with van der Waals surface area (Å²) in [5.74, 6) is 0.164. The zero-order valence-electron chi connectivity index (χ0n) is 6.94. The average Bonchev–Trinajstić information content (AvgIpc) is 1.60. The molecular weight excluding hydrogens is 257 g/mol. The molecule has 0 bridgehead atoms. The van der Waals surface area contributed by atoms with E-state index >= 15 is 0 Å². The van der Waals surface area contributed by atoms with Crippen LogP contribution >= 0.6 is 21.8 Å². The summed E-state index contributed by atoms with van der Waals surface area (Å²) in [6, 6.07) is 0. The van der Waals surface area contributed by atoms with Crippen molar-refractivity contribution in [1.29, 1.82) is 0 Å². The van der Waals surface area contributed by atoms with Gasteiger partial charge in [-0.25, -0.2) is 0 Å². The van der Waals surface area contributed by atoms with Gasteiger partial charge in [-0.05, 0) is 0 Å². The summed E-state index contributed by atoms with van der Waals surface area (Å²) in [6.07, 6.45) is 0.947. The van der Waals surface area contributed by atoms with Gasteiger partial charge in [-0.3, -0.25) is 4.79 Å². The molecule has 0 aromatic heterocycles. The normalized spacial score (nSPS) is 11.3. The lowest BCUT2D eigenvalue weighted by Gasteiger charge is -2.22. The largest absolute Gasteiger partial charge is 0.348 e. The van der Waals surface area contributed by atoms with Gasteiger partial charge in [0.2, 0.25) is 5.91 Å². The van der Waals surface area contributed by atoms with Gasteiger partial charge in [-0.1, -0.05) is 13.1 Å². The first kappa shape index (κ1) is 10.4. The summed E-state index contributed by atoms with van der Waals surface area (Å²) >= 11 is 2.47. The van der Waals surface area contributed by atoms with Crippen LogP contribution in [-0.4, -0.2) is 29.6 Å². The van der Waals surface area contributed by atoms with Gasteiger partial charge in [0.15, 0.2) is 0 Å². The Morgan fingerprint density at radius 1 is 1.60 bits per heavy atom. The molecule has 0 aliphatic heterocycles. The number of carbonyl (C=O) groups is 1. The highest BCUT2D eigenvalue weighted by Gasteiger charge is 2.19. The summed E-state index contributed by atoms with van der Waals surface area (Å²) < 4.78 is 0. The topological polar surface area (TPSA) is 20.3 Å². The van der Waals surface area contributed by atoms with Crippen LogP contribution < -0.4 is 0 Å². The second-order valence-electron chi connectivity index (χ2n) is 3.09. The highest BCUT2D eigenvalue weighted by Crippen LogP contribution is 2.12. The molecule has 2 nitrogen and oxygen atoms in total. The molecule has 0 aromatic carbocycles. The minimum Gasteiger partial charge on any atom is -0.348 e. The van der Waals surface area contributed by atoms with Crippen molar-refractivity contribution in [2.75, 3.05) is 13.2 Å². The lowest BCUT2D eigenvalue weighted by molar-refractivity contribution is -0.126. The molecule has 0 rings (SSSR count). The quantitative estimate of drug-likeness (QED) is 0.425. The molecule has 0 aliphatic rings. The van der Waals surface area contributed by atoms with Gasteiger partial charge in [-0.15, -0.1) is 21.8 Å². The van der Waals surface area contributed by atoms with Crippen molar-refractivity contribution in [2.24, 2.45) is 0 Å². The standard InChI is InChI=1S/C6H14INOSi/c1-6(9)8(2)5-10(3,4)7/h5H2,1-4H3. The first-order valence-electron chi connectivity index (χ1n) is 3.23. The molecule has 0 spiro atoms. The van der Waals surface area contributed by atoms with E-state index in [2.05, 4.69) is 34.9 Å². The van der Waals surface area contributed by atoms with E-state index in [4.69, 9.17) is 0 Å². The highest BCUT2D eigenvalue weighted by atomic mass is 127. The van der Waals surface area contributed by atoms with Crippen molar-refractivity contribution < 1.29 is 4.79 Å².